The molecule has 0 spiro atoms. The van der Waals surface area contributed by atoms with Crippen molar-refractivity contribution in [2.45, 2.75) is 19.5 Å². The van der Waals surface area contributed by atoms with E-state index in [1.807, 2.05) is 0 Å². The number of nitrogens with one attached hydrogen (secondary N) is 1. The third-order valence-corrected chi connectivity index (χ3v) is 3.36. The highest BCUT2D eigenvalue weighted by Crippen LogP contribution is 2.28. The highest BCUT2D eigenvalue weighted by Gasteiger charge is 2.18. The van der Waals surface area contributed by atoms with E-state index in [4.69, 9.17) is 5.11 Å². The Bertz CT molecular complexity index is 516. The van der Waals surface area contributed by atoms with Crippen LogP contribution in [-0.2, 0) is 19.5 Å². The predicted octanol–water partition coefficient (Wildman–Crippen LogP) is 1.28. The van der Waals surface area contributed by atoms with E-state index >= 15 is 0 Å². The zero-order valence-corrected chi connectivity index (χ0v) is 9.24. The fraction of sp³-hybridized carbons (Fsp3) is 0.385. The molecule has 0 aliphatic carbocycles. The maximum absolute atomic E-state index is 9.16. The van der Waals surface area contributed by atoms with Gasteiger partial charge in [0, 0.05) is 42.7 Å². The van der Waals surface area contributed by atoms with Crippen molar-refractivity contribution in [1.29, 1.82) is 0 Å². The summed E-state index contributed by atoms with van der Waals surface area (Å²) in [6.45, 7) is 2.90. The van der Waals surface area contributed by atoms with Crippen LogP contribution < -0.4 is 5.32 Å². The Balaban J connectivity index is 2.28. The van der Waals surface area contributed by atoms with Gasteiger partial charge in [0.1, 0.15) is 0 Å². The number of rotatable bonds is 2. The molecule has 2 aromatic rings. The highest BCUT2D eigenvalue weighted by atomic mass is 16.3. The molecule has 3 heteroatoms. The summed E-state index contributed by atoms with van der Waals surface area (Å²) in [4.78, 5) is 0. The topological polar surface area (TPSA) is 37.2 Å². The molecule has 1 aromatic carbocycles. The first kappa shape index (κ1) is 9.87. The summed E-state index contributed by atoms with van der Waals surface area (Å²) in [5.41, 5.74) is 4.06. The average Bonchev–Trinajstić information content (AvgIpc) is 2.66. The van der Waals surface area contributed by atoms with Crippen LogP contribution in [0.1, 0.15) is 11.3 Å². The Morgan fingerprint density at radius 1 is 1.31 bits per heavy atom. The Hall–Kier alpha value is -1.32. The lowest BCUT2D eigenvalue weighted by Crippen LogP contribution is -2.25. The molecule has 0 saturated carbocycles. The average molecular weight is 216 g/mol. The molecular formula is C13H16N2O. The second-order valence-corrected chi connectivity index (χ2v) is 4.24. The van der Waals surface area contributed by atoms with E-state index in [0.29, 0.717) is 6.54 Å². The first-order valence-electron chi connectivity index (χ1n) is 5.82. The van der Waals surface area contributed by atoms with Crippen molar-refractivity contribution < 1.29 is 5.11 Å². The zero-order valence-electron chi connectivity index (χ0n) is 9.24. The molecule has 84 valence electrons. The van der Waals surface area contributed by atoms with E-state index < -0.39 is 0 Å². The SMILES string of the molecule is OCCn1c2c(c3ccccc31)CNCC2. The maximum Gasteiger partial charge on any atom is 0.0610 e. The van der Waals surface area contributed by atoms with E-state index in [1.165, 1.54) is 22.2 Å². The number of hydrogen-bond donors (Lipinski definition) is 2. The van der Waals surface area contributed by atoms with E-state index in [2.05, 4.69) is 34.1 Å². The molecule has 0 unspecified atom stereocenters. The third kappa shape index (κ3) is 1.36. The number of benzene rings is 1. The molecule has 3 nitrogen and oxygen atoms in total. The first-order chi connectivity index (χ1) is 7.92. The van der Waals surface area contributed by atoms with Crippen LogP contribution in [0.4, 0.5) is 0 Å². The van der Waals surface area contributed by atoms with Crippen molar-refractivity contribution >= 4 is 10.9 Å². The molecule has 1 aromatic heterocycles. The van der Waals surface area contributed by atoms with Gasteiger partial charge in [-0.3, -0.25) is 0 Å². The minimum Gasteiger partial charge on any atom is -0.395 e. The number of fused-ring (bicyclic) bond motifs is 3. The lowest BCUT2D eigenvalue weighted by molar-refractivity contribution is 0.276. The van der Waals surface area contributed by atoms with Gasteiger partial charge < -0.3 is 15.0 Å². The van der Waals surface area contributed by atoms with Crippen molar-refractivity contribution in [2.24, 2.45) is 0 Å². The maximum atomic E-state index is 9.16. The summed E-state index contributed by atoms with van der Waals surface area (Å²) in [5.74, 6) is 0. The molecule has 1 aliphatic rings. The summed E-state index contributed by atoms with van der Waals surface area (Å²) in [6.07, 6.45) is 1.06. The highest BCUT2D eigenvalue weighted by molar-refractivity contribution is 5.85. The summed E-state index contributed by atoms with van der Waals surface area (Å²) >= 11 is 0. The van der Waals surface area contributed by atoms with Crippen molar-refractivity contribution in [3.63, 3.8) is 0 Å². The van der Waals surface area contributed by atoms with Gasteiger partial charge in [0.2, 0.25) is 0 Å². The lowest BCUT2D eigenvalue weighted by atomic mass is 10.1. The Morgan fingerprint density at radius 3 is 3.06 bits per heavy atom. The van der Waals surface area contributed by atoms with Gasteiger partial charge in [0.25, 0.3) is 0 Å². The van der Waals surface area contributed by atoms with E-state index in [-0.39, 0.29) is 6.61 Å². The number of para-hydroxylation sites is 1. The minimum absolute atomic E-state index is 0.207. The predicted molar refractivity (Wildman–Crippen MR) is 64.4 cm³/mol. The molecule has 1 aliphatic heterocycles. The number of aliphatic hydroxyl groups is 1. The number of hydrogen-bond acceptors (Lipinski definition) is 2. The van der Waals surface area contributed by atoms with Gasteiger partial charge in [0.15, 0.2) is 0 Å². The van der Waals surface area contributed by atoms with Crippen LogP contribution in [0.25, 0.3) is 10.9 Å². The molecule has 0 atom stereocenters. The fourth-order valence-electron chi connectivity index (χ4n) is 2.69. The van der Waals surface area contributed by atoms with Gasteiger partial charge in [-0.1, -0.05) is 18.2 Å². The number of nitrogens with zero attached hydrogens (tertiary/aromatic N) is 1. The van der Waals surface area contributed by atoms with Gasteiger partial charge in [0.05, 0.1) is 6.61 Å². The van der Waals surface area contributed by atoms with E-state index in [9.17, 15) is 0 Å². The zero-order chi connectivity index (χ0) is 11.0. The van der Waals surface area contributed by atoms with Crippen LogP contribution in [0.3, 0.4) is 0 Å². The molecule has 2 N–H and O–H groups in total. The van der Waals surface area contributed by atoms with Crippen LogP contribution in [0.2, 0.25) is 0 Å². The molecule has 0 saturated heterocycles. The van der Waals surface area contributed by atoms with Crippen LogP contribution in [0, 0.1) is 0 Å². The Morgan fingerprint density at radius 2 is 2.19 bits per heavy atom. The first-order valence-corrected chi connectivity index (χ1v) is 5.82. The van der Waals surface area contributed by atoms with Crippen LogP contribution in [0.5, 0.6) is 0 Å². The molecule has 0 radical (unpaired) electrons. The van der Waals surface area contributed by atoms with Crippen molar-refractivity contribution in [3.05, 3.63) is 35.5 Å². The summed E-state index contributed by atoms with van der Waals surface area (Å²) in [6, 6.07) is 8.47. The molecule has 16 heavy (non-hydrogen) atoms. The lowest BCUT2D eigenvalue weighted by Gasteiger charge is -2.16. The minimum atomic E-state index is 0.207. The standard InChI is InChI=1S/C13H16N2O/c16-8-7-15-12-4-2-1-3-10(12)11-9-14-6-5-13(11)15/h1-4,14,16H,5-9H2. The van der Waals surface area contributed by atoms with Crippen LogP contribution in [-0.4, -0.2) is 22.8 Å². The Kier molecular flexibility index (Phi) is 2.42. The summed E-state index contributed by atoms with van der Waals surface area (Å²) < 4.78 is 2.27. The largest absolute Gasteiger partial charge is 0.395 e. The smallest absolute Gasteiger partial charge is 0.0610 e. The molecule has 0 bridgehead atoms. The van der Waals surface area contributed by atoms with Crippen LogP contribution >= 0.6 is 0 Å². The molecule has 0 amide bonds. The molecule has 0 fully saturated rings. The van der Waals surface area contributed by atoms with Gasteiger partial charge in [-0.15, -0.1) is 0 Å². The van der Waals surface area contributed by atoms with Gasteiger partial charge in [-0.2, -0.15) is 0 Å². The molecule has 2 heterocycles. The second kappa shape index (κ2) is 3.92. The van der Waals surface area contributed by atoms with E-state index in [1.54, 1.807) is 0 Å². The molecule has 3 rings (SSSR count). The van der Waals surface area contributed by atoms with Gasteiger partial charge >= 0.3 is 0 Å². The van der Waals surface area contributed by atoms with Crippen molar-refractivity contribution in [1.82, 2.24) is 9.88 Å². The quantitative estimate of drug-likeness (QED) is 0.793. The monoisotopic (exact) mass is 216 g/mol. The summed E-state index contributed by atoms with van der Waals surface area (Å²) in [5, 5.41) is 13.9. The number of aliphatic hydroxyl groups excluding tert-OH is 1. The van der Waals surface area contributed by atoms with Crippen LogP contribution in [0.15, 0.2) is 24.3 Å². The second-order valence-electron chi connectivity index (χ2n) is 4.24. The third-order valence-electron chi connectivity index (χ3n) is 3.36. The molecular weight excluding hydrogens is 200 g/mol. The van der Waals surface area contributed by atoms with E-state index in [0.717, 1.165) is 19.5 Å². The fourth-order valence-corrected chi connectivity index (χ4v) is 2.69. The number of aromatic nitrogens is 1. The van der Waals surface area contributed by atoms with Gasteiger partial charge in [-0.05, 0) is 11.6 Å². The Labute approximate surface area is 94.7 Å². The summed E-state index contributed by atoms with van der Waals surface area (Å²) in [7, 11) is 0. The normalized spacial score (nSPS) is 15.3. The van der Waals surface area contributed by atoms with Crippen molar-refractivity contribution in [3.8, 4) is 0 Å². The van der Waals surface area contributed by atoms with Gasteiger partial charge in [-0.25, -0.2) is 0 Å². The van der Waals surface area contributed by atoms with Crippen molar-refractivity contribution in [2.75, 3.05) is 13.2 Å².